The molecule has 0 aromatic rings. The Hall–Kier alpha value is -0.570. The highest BCUT2D eigenvalue weighted by molar-refractivity contribution is 8.13. The highest BCUT2D eigenvalue weighted by Crippen LogP contribution is 1.96. The van der Waals surface area contributed by atoms with E-state index in [0.29, 0.717) is 5.75 Å². The first kappa shape index (κ1) is 9.43. The van der Waals surface area contributed by atoms with E-state index in [0.717, 1.165) is 5.17 Å². The summed E-state index contributed by atoms with van der Waals surface area (Å²) in [6.45, 7) is 0. The third-order valence-electron chi connectivity index (χ3n) is 0.721. The van der Waals surface area contributed by atoms with Crippen LogP contribution in [0.5, 0.6) is 0 Å². The molecule has 1 aliphatic heterocycles. The minimum atomic E-state index is 0. The van der Waals surface area contributed by atoms with Gasteiger partial charge in [0.2, 0.25) is 0 Å². The lowest BCUT2D eigenvalue weighted by molar-refractivity contribution is -0.535. The number of rotatable bonds is 1. The normalized spacial score (nSPS) is 13.7. The first-order valence-corrected chi connectivity index (χ1v) is 3.34. The molecule has 1 aliphatic rings. The van der Waals surface area contributed by atoms with E-state index >= 15 is 0 Å². The predicted molar refractivity (Wildman–Crippen MR) is 35.9 cm³/mol. The number of quaternary nitrogens is 1. The molecule has 2 N–H and O–H groups in total. The lowest BCUT2D eigenvalue weighted by Crippen LogP contribution is -3.00. The number of nitrogens with two attached hydrogens (primary N) is 1. The lowest BCUT2D eigenvalue weighted by Gasteiger charge is -1.84. The van der Waals surface area contributed by atoms with Crippen LogP contribution in [0.3, 0.4) is 0 Å². The van der Waals surface area contributed by atoms with Gasteiger partial charge in [-0.05, 0) is 11.8 Å². The van der Waals surface area contributed by atoms with Crippen LogP contribution in [-0.2, 0) is 0 Å². The molecule has 54 valence electrons. The maximum atomic E-state index is 8.15. The van der Waals surface area contributed by atoms with E-state index in [4.69, 9.17) is 5.26 Å². The van der Waals surface area contributed by atoms with E-state index in [1.54, 1.807) is 5.43 Å². The zero-order valence-corrected chi connectivity index (χ0v) is 6.56. The molecule has 10 heavy (non-hydrogen) atoms. The molecule has 1 rings (SSSR count). The maximum absolute atomic E-state index is 8.15. The van der Waals surface area contributed by atoms with Crippen molar-refractivity contribution in [2.75, 3.05) is 5.75 Å². The van der Waals surface area contributed by atoms with Gasteiger partial charge < -0.3 is 12.4 Å². The van der Waals surface area contributed by atoms with Gasteiger partial charge in [0, 0.05) is 0 Å². The smallest absolute Gasteiger partial charge is 0.289 e. The molecule has 0 aliphatic carbocycles. The van der Waals surface area contributed by atoms with Crippen molar-refractivity contribution < 1.29 is 17.8 Å². The number of hydrogen-bond acceptors (Lipinski definition) is 4. The van der Waals surface area contributed by atoms with Gasteiger partial charge in [-0.15, -0.1) is 0 Å². The van der Waals surface area contributed by atoms with Crippen LogP contribution in [0.1, 0.15) is 0 Å². The number of hydrogen-bond donors (Lipinski definition) is 1. The second kappa shape index (κ2) is 5.23. The third kappa shape index (κ3) is 2.82. The first-order valence-electron chi connectivity index (χ1n) is 2.36. The molecule has 1 heterocycles. The highest BCUT2D eigenvalue weighted by Gasteiger charge is 2.05. The highest BCUT2D eigenvalue weighted by atomic mass is 35.5. The predicted octanol–water partition coefficient (Wildman–Crippen LogP) is -3.88. The van der Waals surface area contributed by atoms with Gasteiger partial charge in [0.05, 0.1) is 11.8 Å². The molecule has 0 fully saturated rings. The minimum absolute atomic E-state index is 0. The van der Waals surface area contributed by atoms with E-state index in [1.807, 2.05) is 6.07 Å². The molecule has 0 saturated heterocycles. The van der Waals surface area contributed by atoms with E-state index in [1.165, 1.54) is 18.1 Å². The molecule has 0 radical (unpaired) electrons. The van der Waals surface area contributed by atoms with Crippen LogP contribution in [0, 0.1) is 11.3 Å². The average molecular weight is 177 g/mol. The molecule has 0 saturated carbocycles. The van der Waals surface area contributed by atoms with Gasteiger partial charge in [0.25, 0.3) is 5.17 Å². The average Bonchev–Trinajstić information content (AvgIpc) is 2.34. The summed E-state index contributed by atoms with van der Waals surface area (Å²) in [6.07, 6.45) is 1.47. The molecule has 0 aromatic heterocycles. The topological polar surface area (TPSA) is 65.1 Å². The van der Waals surface area contributed by atoms with E-state index < -0.39 is 0 Å². The van der Waals surface area contributed by atoms with Gasteiger partial charge in [-0.2, -0.15) is 15.7 Å². The van der Waals surface area contributed by atoms with Crippen molar-refractivity contribution in [2.45, 2.75) is 0 Å². The van der Waals surface area contributed by atoms with E-state index in [-0.39, 0.29) is 12.4 Å². The van der Waals surface area contributed by atoms with Crippen LogP contribution in [0.15, 0.2) is 10.1 Å². The number of nitriles is 1. The van der Waals surface area contributed by atoms with Crippen molar-refractivity contribution in [3.63, 3.8) is 0 Å². The fourth-order valence-electron chi connectivity index (χ4n) is 0.401. The fraction of sp³-hybridized carbons (Fsp3) is 0.250. The zero-order valence-electron chi connectivity index (χ0n) is 4.99. The largest absolute Gasteiger partial charge is 1.00 e. The Balaban J connectivity index is 0.000000810. The molecular weight excluding hydrogens is 172 g/mol. The van der Waals surface area contributed by atoms with Crippen LogP contribution in [0.25, 0.3) is 0 Å². The van der Waals surface area contributed by atoms with Crippen LogP contribution in [0.4, 0.5) is 0 Å². The molecule has 0 amide bonds. The number of aliphatic imine (C=N–C) groups is 1. The summed E-state index contributed by atoms with van der Waals surface area (Å²) in [5.41, 5.74) is 1.64. The number of thioether (sulfide) groups is 1. The summed E-state index contributed by atoms with van der Waals surface area (Å²) in [5, 5.41) is 12.7. The van der Waals surface area contributed by atoms with Gasteiger partial charge in [-0.25, -0.2) is 0 Å². The Morgan fingerprint density at radius 2 is 2.60 bits per heavy atom. The Bertz CT molecular complexity index is 194. The SMILES string of the molecule is N#CCSC1=NC=N[NH2+]1.[Cl-]. The minimum Gasteiger partial charge on any atom is -1.00 e. The standard InChI is InChI=1S/C4H4N4S.ClH/c5-1-2-9-4-6-3-7-8-4;/h3H,2H2,(H,6,7,8);1H. The summed E-state index contributed by atoms with van der Waals surface area (Å²) in [7, 11) is 0. The summed E-state index contributed by atoms with van der Waals surface area (Å²) in [5.74, 6) is 0.443. The molecule has 0 unspecified atom stereocenters. The van der Waals surface area contributed by atoms with Gasteiger partial charge in [0.15, 0.2) is 6.34 Å². The van der Waals surface area contributed by atoms with Gasteiger partial charge in [-0.3, -0.25) is 0 Å². The second-order valence-corrected chi connectivity index (χ2v) is 2.30. The fourth-order valence-corrected chi connectivity index (χ4v) is 0.871. The molecule has 0 spiro atoms. The van der Waals surface area contributed by atoms with Crippen LogP contribution in [-0.4, -0.2) is 17.3 Å². The zero-order chi connectivity index (χ0) is 6.53. The molecule has 0 atom stereocenters. The Morgan fingerprint density at radius 1 is 1.80 bits per heavy atom. The van der Waals surface area contributed by atoms with Crippen LogP contribution in [0.2, 0.25) is 0 Å². The monoisotopic (exact) mass is 176 g/mol. The van der Waals surface area contributed by atoms with Crippen molar-refractivity contribution >= 4 is 23.3 Å². The third-order valence-corrected chi connectivity index (χ3v) is 1.50. The summed E-state index contributed by atoms with van der Waals surface area (Å²) < 4.78 is 0. The van der Waals surface area contributed by atoms with Crippen LogP contribution >= 0.6 is 11.8 Å². The Labute approximate surface area is 68.8 Å². The lowest BCUT2D eigenvalue weighted by atomic mass is 10.9. The molecule has 0 aromatic carbocycles. The molecular formula is C4H5ClN4S. The van der Waals surface area contributed by atoms with Gasteiger partial charge in [-0.1, -0.05) is 5.10 Å². The Morgan fingerprint density at radius 3 is 3.10 bits per heavy atom. The quantitative estimate of drug-likeness (QED) is 0.416. The molecule has 0 bridgehead atoms. The summed E-state index contributed by atoms with van der Waals surface area (Å²) >= 11 is 1.39. The van der Waals surface area contributed by atoms with Crippen molar-refractivity contribution in [1.29, 1.82) is 5.26 Å². The maximum Gasteiger partial charge on any atom is 0.289 e. The second-order valence-electron chi connectivity index (χ2n) is 1.31. The van der Waals surface area contributed by atoms with Crippen molar-refractivity contribution in [1.82, 2.24) is 0 Å². The van der Waals surface area contributed by atoms with E-state index in [9.17, 15) is 0 Å². The molecule has 6 heteroatoms. The van der Waals surface area contributed by atoms with Gasteiger partial charge in [0.1, 0.15) is 0 Å². The van der Waals surface area contributed by atoms with Crippen molar-refractivity contribution in [2.24, 2.45) is 10.1 Å². The molecule has 4 nitrogen and oxygen atoms in total. The van der Waals surface area contributed by atoms with Gasteiger partial charge >= 0.3 is 0 Å². The summed E-state index contributed by atoms with van der Waals surface area (Å²) in [6, 6.07) is 2.00. The number of amidine groups is 1. The number of nitrogens with zero attached hydrogens (tertiary/aromatic N) is 3. The first-order chi connectivity index (χ1) is 4.43. The summed E-state index contributed by atoms with van der Waals surface area (Å²) in [4.78, 5) is 3.85. The van der Waals surface area contributed by atoms with E-state index in [2.05, 4.69) is 10.1 Å². The number of halogens is 1. The Kier molecular flexibility index (Phi) is 4.94. The van der Waals surface area contributed by atoms with Crippen molar-refractivity contribution in [3.05, 3.63) is 0 Å². The van der Waals surface area contributed by atoms with Crippen LogP contribution < -0.4 is 17.8 Å². The van der Waals surface area contributed by atoms with Crippen molar-refractivity contribution in [3.8, 4) is 6.07 Å².